The molecular formula is C18H10Cl2FN3S. The molecule has 0 spiro atoms. The number of benzene rings is 2. The van der Waals surface area contributed by atoms with Gasteiger partial charge in [0.25, 0.3) is 0 Å². The van der Waals surface area contributed by atoms with Crippen LogP contribution in [0.15, 0.2) is 54.0 Å². The second-order valence-corrected chi connectivity index (χ2v) is 6.63. The molecule has 0 bridgehead atoms. The standard InChI is InChI=1S/C18H10Cl2FN3S/c19-13-6-5-11(7-14(13)20)17-10-25-18(24-17)12(8-22)9-23-16-4-2-1-3-15(16)21/h1-7,9-10,23H/b12-9+. The summed E-state index contributed by atoms with van der Waals surface area (Å²) in [5.74, 6) is -0.397. The Balaban J connectivity index is 1.86. The van der Waals surface area contributed by atoms with Gasteiger partial charge in [0.2, 0.25) is 0 Å². The van der Waals surface area contributed by atoms with Gasteiger partial charge < -0.3 is 5.32 Å². The number of anilines is 1. The van der Waals surface area contributed by atoms with Gasteiger partial charge in [-0.3, -0.25) is 0 Å². The fourth-order valence-electron chi connectivity index (χ4n) is 2.06. The number of thiazole rings is 1. The highest BCUT2D eigenvalue weighted by atomic mass is 35.5. The zero-order valence-electron chi connectivity index (χ0n) is 12.6. The summed E-state index contributed by atoms with van der Waals surface area (Å²) in [6.07, 6.45) is 1.44. The number of nitriles is 1. The number of halogens is 3. The van der Waals surface area contributed by atoms with Gasteiger partial charge in [0, 0.05) is 17.1 Å². The number of hydrogen-bond donors (Lipinski definition) is 1. The summed E-state index contributed by atoms with van der Waals surface area (Å²) in [5.41, 5.74) is 2.08. The fraction of sp³-hybridized carbons (Fsp3) is 0. The van der Waals surface area contributed by atoms with Crippen molar-refractivity contribution < 1.29 is 4.39 Å². The van der Waals surface area contributed by atoms with Crippen molar-refractivity contribution in [3.8, 4) is 17.3 Å². The van der Waals surface area contributed by atoms with Crippen LogP contribution in [0.3, 0.4) is 0 Å². The van der Waals surface area contributed by atoms with E-state index < -0.39 is 5.82 Å². The SMILES string of the molecule is N#C/C(=C\Nc1ccccc1F)c1nc(-c2ccc(Cl)c(Cl)c2)cs1. The monoisotopic (exact) mass is 389 g/mol. The van der Waals surface area contributed by atoms with Gasteiger partial charge in [-0.1, -0.05) is 41.4 Å². The smallest absolute Gasteiger partial charge is 0.146 e. The largest absolute Gasteiger partial charge is 0.358 e. The van der Waals surface area contributed by atoms with Crippen LogP contribution in [0.25, 0.3) is 16.8 Å². The Hall–Kier alpha value is -2.39. The molecule has 0 aliphatic carbocycles. The number of rotatable bonds is 4. The number of hydrogen-bond acceptors (Lipinski definition) is 4. The molecule has 3 nitrogen and oxygen atoms in total. The predicted molar refractivity (Wildman–Crippen MR) is 101 cm³/mol. The molecule has 2 aromatic carbocycles. The van der Waals surface area contributed by atoms with Gasteiger partial charge in [-0.15, -0.1) is 11.3 Å². The maximum absolute atomic E-state index is 13.6. The first kappa shape index (κ1) is 17.4. The fourth-order valence-corrected chi connectivity index (χ4v) is 3.15. The lowest BCUT2D eigenvalue weighted by atomic mass is 10.2. The molecule has 0 aliphatic rings. The van der Waals surface area contributed by atoms with Crippen LogP contribution in [0.5, 0.6) is 0 Å². The molecular weight excluding hydrogens is 380 g/mol. The van der Waals surface area contributed by atoms with Crippen LogP contribution in [0, 0.1) is 17.1 Å². The zero-order valence-corrected chi connectivity index (χ0v) is 15.0. The first-order valence-corrected chi connectivity index (χ1v) is 8.74. The minimum Gasteiger partial charge on any atom is -0.358 e. The Labute approximate surface area is 158 Å². The predicted octanol–water partition coefficient (Wildman–Crippen LogP) is 6.23. The first-order chi connectivity index (χ1) is 12.1. The van der Waals surface area contributed by atoms with Crippen molar-refractivity contribution in [1.82, 2.24) is 4.98 Å². The van der Waals surface area contributed by atoms with E-state index in [4.69, 9.17) is 23.2 Å². The molecule has 0 unspecified atom stereocenters. The van der Waals surface area contributed by atoms with E-state index in [1.807, 2.05) is 5.38 Å². The summed E-state index contributed by atoms with van der Waals surface area (Å²) in [6, 6.07) is 13.5. The topological polar surface area (TPSA) is 48.7 Å². The Kier molecular flexibility index (Phi) is 5.34. The van der Waals surface area contributed by atoms with E-state index in [0.717, 1.165) is 5.56 Å². The van der Waals surface area contributed by atoms with Crippen molar-refractivity contribution in [2.45, 2.75) is 0 Å². The van der Waals surface area contributed by atoms with Crippen molar-refractivity contribution in [2.24, 2.45) is 0 Å². The maximum Gasteiger partial charge on any atom is 0.146 e. The van der Waals surface area contributed by atoms with E-state index >= 15 is 0 Å². The van der Waals surface area contributed by atoms with Crippen molar-refractivity contribution in [3.05, 3.63) is 74.9 Å². The van der Waals surface area contributed by atoms with Gasteiger partial charge in [0.05, 0.1) is 21.4 Å². The average Bonchev–Trinajstić information content (AvgIpc) is 3.09. The minimum absolute atomic E-state index is 0.288. The Morgan fingerprint density at radius 1 is 1.20 bits per heavy atom. The highest BCUT2D eigenvalue weighted by Crippen LogP contribution is 2.30. The molecule has 0 fully saturated rings. The van der Waals surface area contributed by atoms with E-state index in [0.29, 0.717) is 26.3 Å². The summed E-state index contributed by atoms with van der Waals surface area (Å²) in [7, 11) is 0. The summed E-state index contributed by atoms with van der Waals surface area (Å²) < 4.78 is 13.6. The van der Waals surface area contributed by atoms with E-state index in [1.165, 1.54) is 23.6 Å². The van der Waals surface area contributed by atoms with Crippen molar-refractivity contribution in [3.63, 3.8) is 0 Å². The quantitative estimate of drug-likeness (QED) is 0.537. The first-order valence-electron chi connectivity index (χ1n) is 7.11. The molecule has 0 amide bonds. The Morgan fingerprint density at radius 2 is 2.00 bits per heavy atom. The molecule has 0 atom stereocenters. The molecule has 3 aromatic rings. The van der Waals surface area contributed by atoms with Crippen LogP contribution in [-0.4, -0.2) is 4.98 Å². The molecule has 1 aromatic heterocycles. The lowest BCUT2D eigenvalue weighted by molar-refractivity contribution is 0.632. The van der Waals surface area contributed by atoms with Gasteiger partial charge in [-0.2, -0.15) is 5.26 Å². The van der Waals surface area contributed by atoms with Gasteiger partial charge >= 0.3 is 0 Å². The third-order valence-corrected chi connectivity index (χ3v) is 4.93. The molecule has 0 radical (unpaired) electrons. The summed E-state index contributed by atoms with van der Waals surface area (Å²) in [4.78, 5) is 4.45. The van der Waals surface area contributed by atoms with E-state index in [-0.39, 0.29) is 5.69 Å². The zero-order chi connectivity index (χ0) is 17.8. The molecule has 25 heavy (non-hydrogen) atoms. The molecule has 7 heteroatoms. The molecule has 124 valence electrons. The number of nitrogens with zero attached hydrogens (tertiary/aromatic N) is 2. The third kappa shape index (κ3) is 3.99. The van der Waals surface area contributed by atoms with E-state index in [1.54, 1.807) is 36.4 Å². The molecule has 1 heterocycles. The van der Waals surface area contributed by atoms with Crippen LogP contribution < -0.4 is 5.32 Å². The molecule has 1 N–H and O–H groups in total. The minimum atomic E-state index is -0.397. The summed E-state index contributed by atoms with van der Waals surface area (Å²) in [5, 5.41) is 15.4. The highest BCUT2D eigenvalue weighted by molar-refractivity contribution is 7.11. The highest BCUT2D eigenvalue weighted by Gasteiger charge is 2.10. The van der Waals surface area contributed by atoms with Crippen LogP contribution in [-0.2, 0) is 0 Å². The van der Waals surface area contributed by atoms with Crippen LogP contribution in [0.2, 0.25) is 10.0 Å². The lowest BCUT2D eigenvalue weighted by Gasteiger charge is -2.02. The summed E-state index contributed by atoms with van der Waals surface area (Å²) >= 11 is 13.3. The van der Waals surface area contributed by atoms with Gasteiger partial charge in [0.15, 0.2) is 0 Å². The van der Waals surface area contributed by atoms with Gasteiger partial charge in [-0.05, 0) is 24.3 Å². The third-order valence-electron chi connectivity index (χ3n) is 3.32. The average molecular weight is 390 g/mol. The number of aromatic nitrogens is 1. The molecule has 3 rings (SSSR count). The van der Waals surface area contributed by atoms with Crippen molar-refractivity contribution in [1.29, 1.82) is 5.26 Å². The summed E-state index contributed by atoms with van der Waals surface area (Å²) in [6.45, 7) is 0. The van der Waals surface area contributed by atoms with Crippen molar-refractivity contribution in [2.75, 3.05) is 5.32 Å². The second-order valence-electron chi connectivity index (χ2n) is 4.96. The van der Waals surface area contributed by atoms with E-state index in [2.05, 4.69) is 16.4 Å². The van der Waals surface area contributed by atoms with Crippen LogP contribution in [0.4, 0.5) is 10.1 Å². The normalized spacial score (nSPS) is 11.2. The van der Waals surface area contributed by atoms with Crippen molar-refractivity contribution >= 4 is 45.8 Å². The lowest BCUT2D eigenvalue weighted by Crippen LogP contribution is -1.93. The second kappa shape index (κ2) is 7.66. The molecule has 0 aliphatic heterocycles. The van der Waals surface area contributed by atoms with Gasteiger partial charge in [0.1, 0.15) is 22.5 Å². The van der Waals surface area contributed by atoms with E-state index in [9.17, 15) is 9.65 Å². The molecule has 0 saturated heterocycles. The van der Waals surface area contributed by atoms with Crippen LogP contribution >= 0.6 is 34.5 Å². The van der Waals surface area contributed by atoms with Crippen LogP contribution in [0.1, 0.15) is 5.01 Å². The Morgan fingerprint density at radius 3 is 2.72 bits per heavy atom. The molecule has 0 saturated carbocycles. The number of nitrogens with one attached hydrogen (secondary N) is 1. The number of allylic oxidation sites excluding steroid dienone is 1. The van der Waals surface area contributed by atoms with Gasteiger partial charge in [-0.25, -0.2) is 9.37 Å². The maximum atomic E-state index is 13.6. The Bertz CT molecular complexity index is 992. The number of para-hydroxylation sites is 1.